The van der Waals surface area contributed by atoms with Crippen molar-refractivity contribution in [3.8, 4) is 0 Å². The molecule has 112 valence electrons. The van der Waals surface area contributed by atoms with E-state index in [2.05, 4.69) is 33.1 Å². The first-order valence-electron chi connectivity index (χ1n) is 8.44. The van der Waals surface area contributed by atoms with E-state index in [1.807, 2.05) is 0 Å². The number of hydrogen-bond acceptors (Lipinski definition) is 2. The normalized spacial score (nSPS) is 40.6. The van der Waals surface area contributed by atoms with Gasteiger partial charge in [0.15, 0.2) is 0 Å². The minimum absolute atomic E-state index is 0.454. The van der Waals surface area contributed by atoms with Crippen LogP contribution in [0.2, 0.25) is 0 Å². The van der Waals surface area contributed by atoms with Gasteiger partial charge in [-0.25, -0.2) is 0 Å². The van der Waals surface area contributed by atoms with Crippen LogP contribution in [0.3, 0.4) is 0 Å². The van der Waals surface area contributed by atoms with Crippen LogP contribution in [0.4, 0.5) is 0 Å². The van der Waals surface area contributed by atoms with Crippen LogP contribution in [0.1, 0.15) is 65.7 Å². The second-order valence-corrected chi connectivity index (χ2v) is 7.22. The SMILES string of the molecule is CNC1CCCCC1OC1CC(C)CCC1C(C)C. The monoisotopic (exact) mass is 267 g/mol. The summed E-state index contributed by atoms with van der Waals surface area (Å²) in [6, 6.07) is 0.582. The van der Waals surface area contributed by atoms with Gasteiger partial charge in [-0.15, -0.1) is 0 Å². The Morgan fingerprint density at radius 3 is 2.42 bits per heavy atom. The molecule has 2 rings (SSSR count). The van der Waals surface area contributed by atoms with Crippen molar-refractivity contribution in [3.63, 3.8) is 0 Å². The third-order valence-electron chi connectivity index (χ3n) is 5.38. The summed E-state index contributed by atoms with van der Waals surface area (Å²) in [5, 5.41) is 3.47. The number of hydrogen-bond donors (Lipinski definition) is 1. The zero-order chi connectivity index (χ0) is 13.8. The molecule has 19 heavy (non-hydrogen) atoms. The molecule has 0 heterocycles. The topological polar surface area (TPSA) is 21.3 Å². The van der Waals surface area contributed by atoms with E-state index in [0.29, 0.717) is 18.2 Å². The molecule has 0 aromatic heterocycles. The van der Waals surface area contributed by atoms with Gasteiger partial charge < -0.3 is 10.1 Å². The fraction of sp³-hybridized carbons (Fsp3) is 1.00. The largest absolute Gasteiger partial charge is 0.373 e. The van der Waals surface area contributed by atoms with Crippen LogP contribution in [0.15, 0.2) is 0 Å². The summed E-state index contributed by atoms with van der Waals surface area (Å²) in [6.45, 7) is 7.13. The zero-order valence-electron chi connectivity index (χ0n) is 13.3. The number of ether oxygens (including phenoxy) is 1. The third-order valence-corrected chi connectivity index (χ3v) is 5.38. The van der Waals surface area contributed by atoms with E-state index in [0.717, 1.165) is 17.8 Å². The summed E-state index contributed by atoms with van der Waals surface area (Å²) in [4.78, 5) is 0. The van der Waals surface area contributed by atoms with Crippen LogP contribution in [-0.2, 0) is 4.74 Å². The molecule has 2 heteroatoms. The van der Waals surface area contributed by atoms with Crippen molar-refractivity contribution in [2.45, 2.75) is 84.0 Å². The quantitative estimate of drug-likeness (QED) is 0.831. The molecule has 1 N–H and O–H groups in total. The Hall–Kier alpha value is -0.0800. The summed E-state index contributed by atoms with van der Waals surface area (Å²) in [5.41, 5.74) is 0. The highest BCUT2D eigenvalue weighted by Gasteiger charge is 2.35. The predicted molar refractivity (Wildman–Crippen MR) is 81.3 cm³/mol. The number of rotatable bonds is 4. The summed E-state index contributed by atoms with van der Waals surface area (Å²) < 4.78 is 6.62. The average molecular weight is 267 g/mol. The van der Waals surface area contributed by atoms with E-state index < -0.39 is 0 Å². The van der Waals surface area contributed by atoms with E-state index in [1.165, 1.54) is 44.9 Å². The first kappa shape index (κ1) is 15.3. The third kappa shape index (κ3) is 3.95. The van der Waals surface area contributed by atoms with Gasteiger partial charge in [0.25, 0.3) is 0 Å². The van der Waals surface area contributed by atoms with Gasteiger partial charge in [0.2, 0.25) is 0 Å². The van der Waals surface area contributed by atoms with Crippen LogP contribution in [0.5, 0.6) is 0 Å². The van der Waals surface area contributed by atoms with Crippen molar-refractivity contribution in [3.05, 3.63) is 0 Å². The fourth-order valence-corrected chi connectivity index (χ4v) is 4.09. The maximum Gasteiger partial charge on any atom is 0.0731 e. The van der Waals surface area contributed by atoms with Gasteiger partial charge in [-0.2, -0.15) is 0 Å². The van der Waals surface area contributed by atoms with Crippen LogP contribution in [0.25, 0.3) is 0 Å². The Morgan fingerprint density at radius 2 is 1.74 bits per heavy atom. The molecule has 0 aromatic carbocycles. The lowest BCUT2D eigenvalue weighted by Crippen LogP contribution is -2.46. The maximum absolute atomic E-state index is 6.62. The Morgan fingerprint density at radius 1 is 1.00 bits per heavy atom. The minimum Gasteiger partial charge on any atom is -0.373 e. The van der Waals surface area contributed by atoms with Crippen molar-refractivity contribution in [1.29, 1.82) is 0 Å². The molecule has 0 aliphatic heterocycles. The molecule has 0 radical (unpaired) electrons. The highest BCUT2D eigenvalue weighted by atomic mass is 16.5. The number of nitrogens with one attached hydrogen (secondary N) is 1. The highest BCUT2D eigenvalue weighted by Crippen LogP contribution is 2.37. The lowest BCUT2D eigenvalue weighted by Gasteiger charge is -2.41. The van der Waals surface area contributed by atoms with Crippen molar-refractivity contribution in [1.82, 2.24) is 5.32 Å². The van der Waals surface area contributed by atoms with Gasteiger partial charge in [0.1, 0.15) is 0 Å². The highest BCUT2D eigenvalue weighted by molar-refractivity contribution is 4.86. The molecule has 0 saturated heterocycles. The number of likely N-dealkylation sites (N-methyl/N-ethyl adjacent to an activating group) is 1. The van der Waals surface area contributed by atoms with Crippen LogP contribution >= 0.6 is 0 Å². The molecule has 2 saturated carbocycles. The zero-order valence-corrected chi connectivity index (χ0v) is 13.3. The van der Waals surface area contributed by atoms with Gasteiger partial charge in [-0.05, 0) is 50.5 Å². The first-order chi connectivity index (χ1) is 9.11. The standard InChI is InChI=1S/C17H33NO/c1-12(2)14-10-9-13(3)11-17(14)19-16-8-6-5-7-15(16)18-4/h12-18H,5-11H2,1-4H3. The van der Waals surface area contributed by atoms with E-state index in [-0.39, 0.29) is 0 Å². The molecular weight excluding hydrogens is 234 g/mol. The lowest BCUT2D eigenvalue weighted by atomic mass is 9.75. The Labute approximate surface area is 119 Å². The van der Waals surface area contributed by atoms with E-state index in [4.69, 9.17) is 4.74 Å². The van der Waals surface area contributed by atoms with Gasteiger partial charge >= 0.3 is 0 Å². The van der Waals surface area contributed by atoms with E-state index in [9.17, 15) is 0 Å². The summed E-state index contributed by atoms with van der Waals surface area (Å²) >= 11 is 0. The predicted octanol–water partition coefficient (Wildman–Crippen LogP) is 3.99. The second-order valence-electron chi connectivity index (χ2n) is 7.22. The van der Waals surface area contributed by atoms with E-state index in [1.54, 1.807) is 0 Å². The fourth-order valence-electron chi connectivity index (χ4n) is 4.09. The van der Waals surface area contributed by atoms with E-state index >= 15 is 0 Å². The minimum atomic E-state index is 0.454. The Balaban J connectivity index is 1.97. The first-order valence-corrected chi connectivity index (χ1v) is 8.44. The van der Waals surface area contributed by atoms with Gasteiger partial charge in [0, 0.05) is 6.04 Å². The summed E-state index contributed by atoms with van der Waals surface area (Å²) in [7, 11) is 2.09. The lowest BCUT2D eigenvalue weighted by molar-refractivity contribution is -0.100. The van der Waals surface area contributed by atoms with Crippen molar-refractivity contribution >= 4 is 0 Å². The molecule has 2 fully saturated rings. The van der Waals surface area contributed by atoms with Crippen LogP contribution < -0.4 is 5.32 Å². The molecule has 2 aliphatic carbocycles. The van der Waals surface area contributed by atoms with Crippen molar-refractivity contribution < 1.29 is 4.74 Å². The molecule has 0 amide bonds. The molecule has 5 unspecified atom stereocenters. The maximum atomic E-state index is 6.62. The molecule has 0 spiro atoms. The molecule has 0 bridgehead atoms. The molecule has 5 atom stereocenters. The molecule has 2 aliphatic rings. The smallest absolute Gasteiger partial charge is 0.0731 e. The molecular formula is C17H33NO. The molecule has 0 aromatic rings. The van der Waals surface area contributed by atoms with Gasteiger partial charge in [-0.1, -0.05) is 40.0 Å². The van der Waals surface area contributed by atoms with Crippen molar-refractivity contribution in [2.75, 3.05) is 7.05 Å². The second kappa shape index (κ2) is 7.08. The van der Waals surface area contributed by atoms with Crippen LogP contribution in [-0.4, -0.2) is 25.3 Å². The Bertz CT molecular complexity index is 266. The summed E-state index contributed by atoms with van der Waals surface area (Å²) in [6.07, 6.45) is 10.2. The van der Waals surface area contributed by atoms with Crippen molar-refractivity contribution in [2.24, 2.45) is 17.8 Å². The average Bonchev–Trinajstić information content (AvgIpc) is 2.39. The van der Waals surface area contributed by atoms with Gasteiger partial charge in [-0.3, -0.25) is 0 Å². The van der Waals surface area contributed by atoms with Gasteiger partial charge in [0.05, 0.1) is 12.2 Å². The molecule has 2 nitrogen and oxygen atoms in total. The summed E-state index contributed by atoms with van der Waals surface area (Å²) in [5.74, 6) is 2.38. The Kier molecular flexibility index (Phi) is 5.70. The van der Waals surface area contributed by atoms with Crippen LogP contribution in [0, 0.1) is 17.8 Å².